The minimum atomic E-state index is 0.821. The Labute approximate surface area is 315 Å². The summed E-state index contributed by atoms with van der Waals surface area (Å²) in [5.41, 5.74) is 11.7. The number of aromatic nitrogens is 1. The van der Waals surface area contributed by atoms with E-state index in [0.29, 0.717) is 0 Å². The number of hydrogen-bond acceptors (Lipinski definition) is 2. The quantitative estimate of drug-likeness (QED) is 0.171. The first kappa shape index (κ1) is 30.1. The highest BCUT2D eigenvalue weighted by Gasteiger charge is 2.27. The van der Waals surface area contributed by atoms with Crippen molar-refractivity contribution in [1.29, 1.82) is 0 Å². The highest BCUT2D eigenvalue weighted by molar-refractivity contribution is 6.28. The summed E-state index contributed by atoms with van der Waals surface area (Å²) < 4.78 is 16.1. The molecule has 0 fully saturated rings. The Bertz CT molecular complexity index is 3420. The maximum atomic E-state index is 7.30. The number of rotatable bonds is 4. The fourth-order valence-corrected chi connectivity index (χ4v) is 9.18. The molecule has 0 bridgehead atoms. The maximum Gasteiger partial charge on any atom is 0.147 e. The smallest absolute Gasteiger partial charge is 0.147 e. The van der Waals surface area contributed by atoms with E-state index in [0.717, 1.165) is 71.8 Å². The molecule has 0 atom stereocenters. The Balaban J connectivity index is 1.23. The van der Waals surface area contributed by atoms with Gasteiger partial charge in [0.05, 0.1) is 16.4 Å². The third-order valence-electron chi connectivity index (χ3n) is 11.4. The summed E-state index contributed by atoms with van der Waals surface area (Å²) in [4.78, 5) is 0. The van der Waals surface area contributed by atoms with E-state index < -0.39 is 0 Å². The number of furan rings is 2. The molecule has 0 radical (unpaired) electrons. The summed E-state index contributed by atoms with van der Waals surface area (Å²) in [6, 6.07) is 67.1. The van der Waals surface area contributed by atoms with Gasteiger partial charge in [-0.1, -0.05) is 146 Å². The van der Waals surface area contributed by atoms with Crippen molar-refractivity contribution >= 4 is 76.3 Å². The van der Waals surface area contributed by atoms with E-state index in [2.05, 4.69) is 180 Å². The Kier molecular flexibility index (Phi) is 6.34. The van der Waals surface area contributed by atoms with Crippen LogP contribution in [0.1, 0.15) is 0 Å². The van der Waals surface area contributed by atoms with Gasteiger partial charge in [0, 0.05) is 38.4 Å². The van der Waals surface area contributed by atoms with Gasteiger partial charge in [-0.15, -0.1) is 0 Å². The van der Waals surface area contributed by atoms with Crippen LogP contribution in [-0.2, 0) is 0 Å². The van der Waals surface area contributed by atoms with Gasteiger partial charge in [-0.3, -0.25) is 0 Å². The van der Waals surface area contributed by atoms with Gasteiger partial charge in [0.15, 0.2) is 0 Å². The first-order valence-corrected chi connectivity index (χ1v) is 18.8. The van der Waals surface area contributed by atoms with Crippen molar-refractivity contribution < 1.29 is 8.83 Å². The van der Waals surface area contributed by atoms with Crippen molar-refractivity contribution in [2.24, 2.45) is 0 Å². The molecule has 0 N–H and O–H groups in total. The number of para-hydroxylation sites is 3. The van der Waals surface area contributed by atoms with Crippen LogP contribution in [0.15, 0.2) is 197 Å². The molecular formula is C52H31NO2. The van der Waals surface area contributed by atoms with Crippen LogP contribution in [0.3, 0.4) is 0 Å². The summed E-state index contributed by atoms with van der Waals surface area (Å²) in [5.74, 6) is 0.858. The standard InChI is InChI=1S/C52H31NO2/c1-3-16-32(17-4-1)46-41-30-31-45-50(39-25-12-14-29-44(39)54-45)51(41)55-52(46)49-36-22-9-7-20-34(36)47(35-21-8-10-23-37(35)49)40-26-15-28-43-48(40)38-24-11-13-27-42(38)53(43)33-18-5-2-6-19-33/h1-31H. The van der Waals surface area contributed by atoms with Crippen molar-refractivity contribution in [3.05, 3.63) is 188 Å². The summed E-state index contributed by atoms with van der Waals surface area (Å²) in [7, 11) is 0. The van der Waals surface area contributed by atoms with Crippen LogP contribution < -0.4 is 0 Å². The molecule has 0 aliphatic rings. The van der Waals surface area contributed by atoms with E-state index in [4.69, 9.17) is 8.83 Å². The summed E-state index contributed by atoms with van der Waals surface area (Å²) in [6.45, 7) is 0. The highest BCUT2D eigenvalue weighted by atomic mass is 16.3. The lowest BCUT2D eigenvalue weighted by atomic mass is 9.85. The van der Waals surface area contributed by atoms with E-state index in [1.807, 2.05) is 12.1 Å². The Morgan fingerprint density at radius 3 is 1.64 bits per heavy atom. The number of hydrogen-bond donors (Lipinski definition) is 0. The van der Waals surface area contributed by atoms with Gasteiger partial charge in [0.25, 0.3) is 0 Å². The normalized spacial score (nSPS) is 12.0. The van der Waals surface area contributed by atoms with Crippen molar-refractivity contribution in [1.82, 2.24) is 4.57 Å². The van der Waals surface area contributed by atoms with Gasteiger partial charge in [0.1, 0.15) is 22.5 Å². The Morgan fingerprint density at radius 1 is 0.327 bits per heavy atom. The maximum absolute atomic E-state index is 7.30. The van der Waals surface area contributed by atoms with Gasteiger partial charge < -0.3 is 13.4 Å². The lowest BCUT2D eigenvalue weighted by molar-refractivity contribution is 0.636. The zero-order valence-electron chi connectivity index (χ0n) is 29.7. The molecule has 12 aromatic rings. The first-order chi connectivity index (χ1) is 27.3. The fourth-order valence-electron chi connectivity index (χ4n) is 9.18. The number of benzene rings is 9. The van der Waals surface area contributed by atoms with Crippen molar-refractivity contribution in [3.8, 4) is 39.3 Å². The average molecular weight is 702 g/mol. The minimum absolute atomic E-state index is 0.821. The molecule has 0 spiro atoms. The monoisotopic (exact) mass is 701 g/mol. The molecule has 3 nitrogen and oxygen atoms in total. The van der Waals surface area contributed by atoms with Crippen LogP contribution in [0.5, 0.6) is 0 Å². The molecule has 3 aromatic heterocycles. The second-order valence-electron chi connectivity index (χ2n) is 14.3. The molecule has 9 aromatic carbocycles. The topological polar surface area (TPSA) is 31.2 Å². The van der Waals surface area contributed by atoms with Crippen LogP contribution in [0.25, 0.3) is 116 Å². The second-order valence-corrected chi connectivity index (χ2v) is 14.3. The largest absolute Gasteiger partial charge is 0.456 e. The number of nitrogens with zero attached hydrogens (tertiary/aromatic N) is 1. The molecule has 0 saturated carbocycles. The van der Waals surface area contributed by atoms with Gasteiger partial charge in [-0.25, -0.2) is 0 Å². The fraction of sp³-hybridized carbons (Fsp3) is 0. The summed E-state index contributed by atoms with van der Waals surface area (Å²) in [6.07, 6.45) is 0. The lowest BCUT2D eigenvalue weighted by Crippen LogP contribution is -1.94. The Hall–Kier alpha value is -7.36. The molecule has 0 amide bonds. The Morgan fingerprint density at radius 2 is 0.909 bits per heavy atom. The molecule has 256 valence electrons. The van der Waals surface area contributed by atoms with Crippen molar-refractivity contribution in [2.75, 3.05) is 0 Å². The molecule has 0 aliphatic carbocycles. The molecular weight excluding hydrogens is 671 g/mol. The minimum Gasteiger partial charge on any atom is -0.456 e. The second kappa shape index (κ2) is 11.6. The third-order valence-corrected chi connectivity index (χ3v) is 11.4. The van der Waals surface area contributed by atoms with E-state index in [9.17, 15) is 0 Å². The molecule has 55 heavy (non-hydrogen) atoms. The zero-order valence-corrected chi connectivity index (χ0v) is 29.7. The predicted octanol–water partition coefficient (Wildman–Crippen LogP) is 14.7. The van der Waals surface area contributed by atoms with E-state index in [-0.39, 0.29) is 0 Å². The molecule has 0 saturated heterocycles. The van der Waals surface area contributed by atoms with Crippen LogP contribution in [0.2, 0.25) is 0 Å². The van der Waals surface area contributed by atoms with Crippen LogP contribution in [0, 0.1) is 0 Å². The van der Waals surface area contributed by atoms with Gasteiger partial charge in [-0.05, 0) is 80.7 Å². The van der Waals surface area contributed by atoms with Gasteiger partial charge >= 0.3 is 0 Å². The number of fused-ring (bicyclic) bond motifs is 10. The predicted molar refractivity (Wildman–Crippen MR) is 229 cm³/mol. The van der Waals surface area contributed by atoms with Crippen LogP contribution in [-0.4, -0.2) is 4.57 Å². The highest BCUT2D eigenvalue weighted by Crippen LogP contribution is 2.52. The zero-order chi connectivity index (χ0) is 36.0. The van der Waals surface area contributed by atoms with Gasteiger partial charge in [-0.2, -0.15) is 0 Å². The SMILES string of the molecule is c1ccc(-c2c(-c3c4ccccc4c(-c4cccc5c4c4ccccc4n5-c4ccccc4)c4ccccc34)oc3c2ccc2oc4ccccc4c23)cc1. The molecule has 3 heterocycles. The first-order valence-electron chi connectivity index (χ1n) is 18.8. The molecule has 0 unspecified atom stereocenters. The van der Waals surface area contributed by atoms with E-state index >= 15 is 0 Å². The average Bonchev–Trinajstić information content (AvgIpc) is 3.93. The van der Waals surface area contributed by atoms with Crippen molar-refractivity contribution in [2.45, 2.75) is 0 Å². The van der Waals surface area contributed by atoms with E-state index in [1.54, 1.807) is 0 Å². The van der Waals surface area contributed by atoms with Gasteiger partial charge in [0.2, 0.25) is 0 Å². The van der Waals surface area contributed by atoms with Crippen molar-refractivity contribution in [3.63, 3.8) is 0 Å². The summed E-state index contributed by atoms with van der Waals surface area (Å²) >= 11 is 0. The third kappa shape index (κ3) is 4.26. The van der Waals surface area contributed by atoms with Crippen LogP contribution in [0.4, 0.5) is 0 Å². The summed E-state index contributed by atoms with van der Waals surface area (Å²) in [5, 5.41) is 10.2. The molecule has 0 aliphatic heterocycles. The lowest BCUT2D eigenvalue weighted by Gasteiger charge is -2.18. The molecule has 12 rings (SSSR count). The molecule has 3 heteroatoms. The van der Waals surface area contributed by atoms with Crippen LogP contribution >= 0.6 is 0 Å². The van der Waals surface area contributed by atoms with E-state index in [1.165, 1.54) is 43.7 Å².